The number of halogens is 1. The number of nitrogens with zero attached hydrogens (tertiary/aromatic N) is 1. The van der Waals surface area contributed by atoms with Crippen molar-refractivity contribution >= 4 is 5.91 Å². The molecular formula is C13H16FNO2. The van der Waals surface area contributed by atoms with E-state index in [1.54, 1.807) is 24.1 Å². The molecule has 1 heterocycles. The zero-order valence-corrected chi connectivity index (χ0v) is 9.86. The Balaban J connectivity index is 2.11. The predicted octanol–water partition coefficient (Wildman–Crippen LogP) is 2.08. The molecule has 0 spiro atoms. The summed E-state index contributed by atoms with van der Waals surface area (Å²) in [5.74, 6) is -0.716. The second-order valence-electron chi connectivity index (χ2n) is 4.24. The number of hydrogen-bond donors (Lipinski definition) is 0. The average molecular weight is 237 g/mol. The number of ether oxygens (including phenoxy) is 1. The first kappa shape index (κ1) is 12.0. The smallest absolute Gasteiger partial charge is 0.256 e. The standard InChI is InChI=1S/C13H16FNO2/c1-15(10-6-8-17-9-7-10)13(16)11-4-2-3-5-12(11)14/h2-5,10H,6-9H2,1H3. The van der Waals surface area contributed by atoms with E-state index < -0.39 is 5.82 Å². The normalized spacial score (nSPS) is 16.8. The molecule has 0 radical (unpaired) electrons. The maximum atomic E-state index is 13.5. The van der Waals surface area contributed by atoms with Crippen molar-refractivity contribution in [1.29, 1.82) is 0 Å². The largest absolute Gasteiger partial charge is 0.381 e. The van der Waals surface area contributed by atoms with Gasteiger partial charge in [-0.3, -0.25) is 4.79 Å². The van der Waals surface area contributed by atoms with E-state index >= 15 is 0 Å². The number of benzene rings is 1. The highest BCUT2D eigenvalue weighted by atomic mass is 19.1. The summed E-state index contributed by atoms with van der Waals surface area (Å²) in [4.78, 5) is 13.7. The predicted molar refractivity (Wildman–Crippen MR) is 62.3 cm³/mol. The van der Waals surface area contributed by atoms with Crippen LogP contribution in [0.3, 0.4) is 0 Å². The van der Waals surface area contributed by atoms with Crippen LogP contribution >= 0.6 is 0 Å². The number of carbonyl (C=O) groups is 1. The first-order chi connectivity index (χ1) is 8.20. The minimum atomic E-state index is -0.462. The monoisotopic (exact) mass is 237 g/mol. The quantitative estimate of drug-likeness (QED) is 0.788. The molecule has 0 aromatic heterocycles. The van der Waals surface area contributed by atoms with Crippen LogP contribution in [0.4, 0.5) is 4.39 Å². The Hall–Kier alpha value is -1.42. The molecule has 0 atom stereocenters. The third kappa shape index (κ3) is 2.64. The van der Waals surface area contributed by atoms with Gasteiger partial charge in [0.05, 0.1) is 5.56 Å². The molecule has 1 amide bonds. The summed E-state index contributed by atoms with van der Waals surface area (Å²) in [6, 6.07) is 6.24. The third-order valence-electron chi connectivity index (χ3n) is 3.16. The lowest BCUT2D eigenvalue weighted by molar-refractivity contribution is 0.0359. The molecule has 1 fully saturated rings. The summed E-state index contributed by atoms with van der Waals surface area (Å²) in [5.41, 5.74) is 0.140. The van der Waals surface area contributed by atoms with Crippen molar-refractivity contribution in [2.75, 3.05) is 20.3 Å². The lowest BCUT2D eigenvalue weighted by atomic mass is 10.1. The van der Waals surface area contributed by atoms with E-state index in [1.165, 1.54) is 12.1 Å². The Bertz CT molecular complexity index is 402. The molecule has 17 heavy (non-hydrogen) atoms. The van der Waals surface area contributed by atoms with Gasteiger partial charge in [-0.15, -0.1) is 0 Å². The van der Waals surface area contributed by atoms with E-state index in [1.807, 2.05) is 0 Å². The molecule has 92 valence electrons. The van der Waals surface area contributed by atoms with Gasteiger partial charge in [0.25, 0.3) is 5.91 Å². The highest BCUT2D eigenvalue weighted by molar-refractivity contribution is 5.94. The molecule has 1 aliphatic rings. The highest BCUT2D eigenvalue weighted by Crippen LogP contribution is 2.17. The number of hydrogen-bond acceptors (Lipinski definition) is 2. The lowest BCUT2D eigenvalue weighted by Crippen LogP contribution is -2.40. The Morgan fingerprint density at radius 2 is 2.00 bits per heavy atom. The molecule has 4 heteroatoms. The van der Waals surface area contributed by atoms with Crippen molar-refractivity contribution in [3.63, 3.8) is 0 Å². The van der Waals surface area contributed by atoms with Gasteiger partial charge < -0.3 is 9.64 Å². The van der Waals surface area contributed by atoms with E-state index in [2.05, 4.69) is 0 Å². The molecule has 1 saturated heterocycles. The highest BCUT2D eigenvalue weighted by Gasteiger charge is 2.24. The molecule has 0 saturated carbocycles. The van der Waals surface area contributed by atoms with Crippen LogP contribution in [-0.4, -0.2) is 37.1 Å². The molecule has 2 rings (SSSR count). The van der Waals surface area contributed by atoms with Crippen LogP contribution < -0.4 is 0 Å². The first-order valence-corrected chi connectivity index (χ1v) is 5.79. The van der Waals surface area contributed by atoms with Crippen molar-refractivity contribution < 1.29 is 13.9 Å². The average Bonchev–Trinajstić information content (AvgIpc) is 2.39. The van der Waals surface area contributed by atoms with E-state index in [-0.39, 0.29) is 17.5 Å². The zero-order chi connectivity index (χ0) is 12.3. The molecule has 0 unspecified atom stereocenters. The summed E-state index contributed by atoms with van der Waals surface area (Å²) >= 11 is 0. The van der Waals surface area contributed by atoms with Gasteiger partial charge in [0.1, 0.15) is 5.82 Å². The van der Waals surface area contributed by atoms with Crippen molar-refractivity contribution in [2.45, 2.75) is 18.9 Å². The van der Waals surface area contributed by atoms with Crippen LogP contribution in [0.25, 0.3) is 0 Å². The summed E-state index contributed by atoms with van der Waals surface area (Å²) in [5, 5.41) is 0. The topological polar surface area (TPSA) is 29.5 Å². The van der Waals surface area contributed by atoms with Gasteiger partial charge in [-0.1, -0.05) is 12.1 Å². The van der Waals surface area contributed by atoms with E-state index in [9.17, 15) is 9.18 Å². The second-order valence-corrected chi connectivity index (χ2v) is 4.24. The van der Waals surface area contributed by atoms with Gasteiger partial charge in [-0.2, -0.15) is 0 Å². The maximum absolute atomic E-state index is 13.5. The van der Waals surface area contributed by atoms with Gasteiger partial charge in [0.15, 0.2) is 0 Å². The third-order valence-corrected chi connectivity index (χ3v) is 3.16. The number of rotatable bonds is 2. The zero-order valence-electron chi connectivity index (χ0n) is 9.86. The summed E-state index contributed by atoms with van der Waals surface area (Å²) < 4.78 is 18.7. The maximum Gasteiger partial charge on any atom is 0.256 e. The summed E-state index contributed by atoms with van der Waals surface area (Å²) in [7, 11) is 1.73. The molecule has 0 bridgehead atoms. The van der Waals surface area contributed by atoms with Gasteiger partial charge >= 0.3 is 0 Å². The van der Waals surface area contributed by atoms with Gasteiger partial charge in [0, 0.05) is 26.3 Å². The Labute approximate surface area is 100 Å². The minimum Gasteiger partial charge on any atom is -0.381 e. The second kappa shape index (κ2) is 5.27. The molecule has 0 aliphatic carbocycles. The molecule has 3 nitrogen and oxygen atoms in total. The molecule has 0 N–H and O–H groups in total. The van der Waals surface area contributed by atoms with E-state index in [0.717, 1.165) is 12.8 Å². The minimum absolute atomic E-state index is 0.140. The fourth-order valence-corrected chi connectivity index (χ4v) is 2.06. The lowest BCUT2D eigenvalue weighted by Gasteiger charge is -2.31. The van der Waals surface area contributed by atoms with Crippen molar-refractivity contribution in [2.24, 2.45) is 0 Å². The van der Waals surface area contributed by atoms with Crippen LogP contribution in [-0.2, 0) is 4.74 Å². The Morgan fingerprint density at radius 3 is 2.65 bits per heavy atom. The summed E-state index contributed by atoms with van der Waals surface area (Å²) in [6.45, 7) is 1.33. The van der Waals surface area contributed by atoms with E-state index in [4.69, 9.17) is 4.74 Å². The Kier molecular flexibility index (Phi) is 3.74. The molecule has 1 aromatic carbocycles. The summed E-state index contributed by atoms with van der Waals surface area (Å²) in [6.07, 6.45) is 1.63. The van der Waals surface area contributed by atoms with Crippen LogP contribution in [0, 0.1) is 5.82 Å². The fourth-order valence-electron chi connectivity index (χ4n) is 2.06. The van der Waals surface area contributed by atoms with Gasteiger partial charge in [-0.05, 0) is 25.0 Å². The van der Waals surface area contributed by atoms with E-state index in [0.29, 0.717) is 13.2 Å². The van der Waals surface area contributed by atoms with Crippen molar-refractivity contribution in [1.82, 2.24) is 4.90 Å². The fraction of sp³-hybridized carbons (Fsp3) is 0.462. The SMILES string of the molecule is CN(C(=O)c1ccccc1F)C1CCOCC1. The first-order valence-electron chi connectivity index (χ1n) is 5.79. The molecular weight excluding hydrogens is 221 g/mol. The van der Waals surface area contributed by atoms with Crippen LogP contribution in [0.5, 0.6) is 0 Å². The molecule has 1 aromatic rings. The van der Waals surface area contributed by atoms with Gasteiger partial charge in [-0.25, -0.2) is 4.39 Å². The van der Waals surface area contributed by atoms with Crippen LogP contribution in [0.15, 0.2) is 24.3 Å². The molecule has 1 aliphatic heterocycles. The van der Waals surface area contributed by atoms with Crippen molar-refractivity contribution in [3.05, 3.63) is 35.6 Å². The van der Waals surface area contributed by atoms with Crippen LogP contribution in [0.1, 0.15) is 23.2 Å². The Morgan fingerprint density at radius 1 is 1.35 bits per heavy atom. The number of carbonyl (C=O) groups excluding carboxylic acids is 1. The van der Waals surface area contributed by atoms with Crippen LogP contribution in [0.2, 0.25) is 0 Å². The number of amides is 1. The van der Waals surface area contributed by atoms with Gasteiger partial charge in [0.2, 0.25) is 0 Å². The van der Waals surface area contributed by atoms with Crippen molar-refractivity contribution in [3.8, 4) is 0 Å².